The minimum atomic E-state index is -2.12. The molecule has 10 heteroatoms. The SMILES string of the molecule is COC(=O)C[C@](O)(CCCC(C)(C)O)C(=O)O[C@@H]1C(OC)=C[C@@]23CCCN2CCc2cc4c(cc2[C@@H]13)OCO4. The van der Waals surface area contributed by atoms with Gasteiger partial charge in [-0.05, 0) is 88.3 Å². The van der Waals surface area contributed by atoms with E-state index in [4.69, 9.17) is 23.7 Å². The van der Waals surface area contributed by atoms with Crippen molar-refractivity contribution in [3.63, 3.8) is 0 Å². The molecule has 0 bridgehead atoms. The largest absolute Gasteiger partial charge is 0.497 e. The summed E-state index contributed by atoms with van der Waals surface area (Å²) in [5, 5.41) is 21.6. The topological polar surface area (TPSA) is 124 Å². The highest BCUT2D eigenvalue weighted by molar-refractivity contribution is 5.86. The predicted octanol–water partition coefficient (Wildman–Crippen LogP) is 2.58. The third kappa shape index (κ3) is 5.10. The van der Waals surface area contributed by atoms with Crippen molar-refractivity contribution in [2.24, 2.45) is 0 Å². The first-order valence-corrected chi connectivity index (χ1v) is 13.7. The van der Waals surface area contributed by atoms with Gasteiger partial charge in [-0.2, -0.15) is 0 Å². The Morgan fingerprint density at radius 3 is 2.56 bits per heavy atom. The Morgan fingerprint density at radius 2 is 1.87 bits per heavy atom. The molecule has 0 saturated carbocycles. The van der Waals surface area contributed by atoms with Crippen LogP contribution in [0.4, 0.5) is 0 Å². The van der Waals surface area contributed by atoms with Crippen molar-refractivity contribution < 1.29 is 43.5 Å². The normalized spacial score (nSPS) is 27.0. The molecule has 4 atom stereocenters. The summed E-state index contributed by atoms with van der Waals surface area (Å²) in [5.74, 6) is -0.0645. The molecule has 0 aromatic heterocycles. The molecule has 39 heavy (non-hydrogen) atoms. The second kappa shape index (κ2) is 10.3. The molecular weight excluding hydrogens is 506 g/mol. The van der Waals surface area contributed by atoms with E-state index in [1.807, 2.05) is 12.1 Å². The van der Waals surface area contributed by atoms with E-state index in [0.29, 0.717) is 30.1 Å². The number of carbonyl (C=O) groups excluding carboxylic acids is 2. The molecule has 1 aromatic rings. The van der Waals surface area contributed by atoms with Crippen molar-refractivity contribution in [2.45, 2.75) is 87.6 Å². The van der Waals surface area contributed by atoms with Gasteiger partial charge in [0.2, 0.25) is 6.79 Å². The van der Waals surface area contributed by atoms with Crippen LogP contribution in [-0.4, -0.2) is 84.0 Å². The molecule has 214 valence electrons. The van der Waals surface area contributed by atoms with Crippen LogP contribution in [0.15, 0.2) is 24.0 Å². The fourth-order valence-electron chi connectivity index (χ4n) is 6.71. The molecular formula is C29H39NO9. The number of rotatable bonds is 9. The highest BCUT2D eigenvalue weighted by atomic mass is 16.7. The van der Waals surface area contributed by atoms with E-state index in [1.165, 1.54) is 7.11 Å². The zero-order valence-corrected chi connectivity index (χ0v) is 23.2. The first kappa shape index (κ1) is 27.7. The van der Waals surface area contributed by atoms with Crippen LogP contribution in [0.1, 0.15) is 69.4 Å². The Labute approximate surface area is 228 Å². The van der Waals surface area contributed by atoms with Gasteiger partial charge in [-0.15, -0.1) is 0 Å². The summed E-state index contributed by atoms with van der Waals surface area (Å²) in [7, 11) is 2.76. The van der Waals surface area contributed by atoms with E-state index in [0.717, 1.165) is 43.5 Å². The van der Waals surface area contributed by atoms with Gasteiger partial charge in [-0.1, -0.05) is 0 Å². The van der Waals surface area contributed by atoms with E-state index in [9.17, 15) is 19.8 Å². The maximum absolute atomic E-state index is 13.8. The third-order valence-corrected chi connectivity index (χ3v) is 8.62. The standard InChI is InChI=1S/C29H39NO9/c1-27(2,33)8-5-10-29(34,16-23(31)36-4)26(32)39-25-22(35-3)15-28-9-6-11-30(28)12-7-18-13-20-21(38-17-37-20)14-19(18)24(25)28/h13-15,24-25,33-34H,5-12,16-17H2,1-4H3/t24-,25+,28+,29+/m0/s1. The monoisotopic (exact) mass is 545 g/mol. The van der Waals surface area contributed by atoms with Crippen LogP contribution < -0.4 is 9.47 Å². The number of fused-ring (bicyclic) bond motifs is 3. The lowest BCUT2D eigenvalue weighted by molar-refractivity contribution is -0.178. The first-order chi connectivity index (χ1) is 18.5. The van der Waals surface area contributed by atoms with Crippen LogP contribution in [0.3, 0.4) is 0 Å². The number of hydrogen-bond acceptors (Lipinski definition) is 10. The Hall–Kier alpha value is -2.82. The Bertz CT molecular complexity index is 1160. The van der Waals surface area contributed by atoms with E-state index in [-0.39, 0.29) is 19.1 Å². The van der Waals surface area contributed by atoms with Crippen LogP contribution in [0.2, 0.25) is 0 Å². The summed E-state index contributed by atoms with van der Waals surface area (Å²) in [6.45, 7) is 5.21. The summed E-state index contributed by atoms with van der Waals surface area (Å²) in [4.78, 5) is 28.4. The molecule has 1 saturated heterocycles. The van der Waals surface area contributed by atoms with Crippen LogP contribution in [0, 0.1) is 0 Å². The second-order valence-electron chi connectivity index (χ2n) is 11.7. The van der Waals surface area contributed by atoms with Crippen LogP contribution in [-0.2, 0) is 30.2 Å². The van der Waals surface area contributed by atoms with Crippen LogP contribution in [0.5, 0.6) is 11.5 Å². The van der Waals surface area contributed by atoms with E-state index in [1.54, 1.807) is 21.0 Å². The molecule has 0 radical (unpaired) electrons. The first-order valence-electron chi connectivity index (χ1n) is 13.7. The molecule has 0 amide bonds. The zero-order chi connectivity index (χ0) is 28.0. The van der Waals surface area contributed by atoms with Gasteiger partial charge in [-0.25, -0.2) is 4.79 Å². The Kier molecular flexibility index (Phi) is 7.32. The lowest BCUT2D eigenvalue weighted by atomic mass is 9.77. The molecule has 1 spiro atoms. The summed E-state index contributed by atoms with van der Waals surface area (Å²) in [5.41, 5.74) is -1.42. The number of esters is 2. The molecule has 0 unspecified atom stereocenters. The number of aliphatic hydroxyl groups is 2. The number of methoxy groups -OCH3 is 2. The number of ether oxygens (including phenoxy) is 5. The predicted molar refractivity (Wildman–Crippen MR) is 139 cm³/mol. The highest BCUT2D eigenvalue weighted by Crippen LogP contribution is 2.55. The zero-order valence-electron chi connectivity index (χ0n) is 23.2. The molecule has 3 aliphatic heterocycles. The number of benzene rings is 1. The smallest absolute Gasteiger partial charge is 0.339 e. The number of hydrogen-bond donors (Lipinski definition) is 2. The Balaban J connectivity index is 1.50. The fourth-order valence-corrected chi connectivity index (χ4v) is 6.71. The van der Waals surface area contributed by atoms with Crippen molar-refractivity contribution in [3.05, 3.63) is 35.1 Å². The van der Waals surface area contributed by atoms with Gasteiger partial charge >= 0.3 is 11.9 Å². The van der Waals surface area contributed by atoms with E-state index >= 15 is 0 Å². The van der Waals surface area contributed by atoms with Gasteiger partial charge in [0.15, 0.2) is 23.2 Å². The van der Waals surface area contributed by atoms with Crippen molar-refractivity contribution in [3.8, 4) is 11.5 Å². The van der Waals surface area contributed by atoms with Crippen molar-refractivity contribution >= 4 is 11.9 Å². The van der Waals surface area contributed by atoms with E-state index < -0.39 is 41.2 Å². The lowest BCUT2D eigenvalue weighted by Gasteiger charge is -2.39. The third-order valence-electron chi connectivity index (χ3n) is 8.62. The van der Waals surface area contributed by atoms with Gasteiger partial charge in [0.05, 0.1) is 37.7 Å². The molecule has 10 nitrogen and oxygen atoms in total. The highest BCUT2D eigenvalue weighted by Gasteiger charge is 2.59. The molecule has 3 heterocycles. The molecule has 1 aromatic carbocycles. The minimum absolute atomic E-state index is 0.0686. The fraction of sp³-hybridized carbons (Fsp3) is 0.655. The molecule has 1 aliphatic carbocycles. The van der Waals surface area contributed by atoms with E-state index in [2.05, 4.69) is 11.0 Å². The summed E-state index contributed by atoms with van der Waals surface area (Å²) in [6.07, 6.45) is 3.94. The summed E-state index contributed by atoms with van der Waals surface area (Å²) in [6, 6.07) is 4.00. The van der Waals surface area contributed by atoms with Gasteiger partial charge < -0.3 is 33.9 Å². The number of carbonyl (C=O) groups is 2. The quantitative estimate of drug-likeness (QED) is 0.448. The summed E-state index contributed by atoms with van der Waals surface area (Å²) >= 11 is 0. The average molecular weight is 546 g/mol. The average Bonchev–Trinajstić information content (AvgIpc) is 3.56. The molecule has 2 N–H and O–H groups in total. The van der Waals surface area contributed by atoms with Crippen molar-refractivity contribution in [1.29, 1.82) is 0 Å². The minimum Gasteiger partial charge on any atom is -0.497 e. The maximum Gasteiger partial charge on any atom is 0.339 e. The lowest BCUT2D eigenvalue weighted by Crippen LogP contribution is -2.49. The van der Waals surface area contributed by atoms with Gasteiger partial charge in [0, 0.05) is 6.54 Å². The van der Waals surface area contributed by atoms with Crippen LogP contribution in [0.25, 0.3) is 0 Å². The van der Waals surface area contributed by atoms with Gasteiger partial charge in [-0.3, -0.25) is 9.69 Å². The van der Waals surface area contributed by atoms with Crippen molar-refractivity contribution in [1.82, 2.24) is 4.90 Å². The summed E-state index contributed by atoms with van der Waals surface area (Å²) < 4.78 is 28.1. The molecule has 1 fully saturated rings. The second-order valence-corrected chi connectivity index (χ2v) is 11.7. The molecule has 5 rings (SSSR count). The van der Waals surface area contributed by atoms with Gasteiger partial charge in [0.1, 0.15) is 5.76 Å². The van der Waals surface area contributed by atoms with Crippen molar-refractivity contribution in [2.75, 3.05) is 34.1 Å². The molecule has 4 aliphatic rings. The van der Waals surface area contributed by atoms with Gasteiger partial charge in [0.25, 0.3) is 0 Å². The number of nitrogens with zero attached hydrogens (tertiary/aromatic N) is 1. The maximum atomic E-state index is 13.8. The van der Waals surface area contributed by atoms with Crippen LogP contribution >= 0.6 is 0 Å². The Morgan fingerprint density at radius 1 is 1.13 bits per heavy atom.